The first-order valence-electron chi connectivity index (χ1n) is 12.9. The summed E-state index contributed by atoms with van der Waals surface area (Å²) in [5.74, 6) is 1.86. The molecule has 2 aromatic rings. The fourth-order valence-corrected chi connectivity index (χ4v) is 5.12. The molecular formula is C30H47N3. The van der Waals surface area contributed by atoms with Crippen molar-refractivity contribution < 1.29 is 0 Å². The highest BCUT2D eigenvalue weighted by molar-refractivity contribution is 5.67. The molecule has 0 saturated carbocycles. The van der Waals surface area contributed by atoms with Gasteiger partial charge in [-0.05, 0) is 51.3 Å². The molecular weight excluding hydrogens is 402 g/mol. The first-order valence-corrected chi connectivity index (χ1v) is 12.9. The van der Waals surface area contributed by atoms with Crippen molar-refractivity contribution in [1.29, 1.82) is 0 Å². The standard InChI is InChI=1S/C30H47N3/c1-19(2)23-14-12-15-24(20(3)4)28(23)32-18-27(30(9,10)11)33(31-32)29-25(21(5)6)16-13-17-26(29)22(7)8/h12-17,19-22,27,31H,18H2,1-11H3. The normalized spacial score (nSPS) is 17.4. The Morgan fingerprint density at radius 3 is 1.36 bits per heavy atom. The molecule has 1 fully saturated rings. The Balaban J connectivity index is 2.21. The van der Waals surface area contributed by atoms with Gasteiger partial charge < -0.3 is 0 Å². The first kappa shape index (κ1) is 25.6. The van der Waals surface area contributed by atoms with Crippen LogP contribution in [-0.4, -0.2) is 12.6 Å². The van der Waals surface area contributed by atoms with Crippen LogP contribution in [0.3, 0.4) is 0 Å². The smallest absolute Gasteiger partial charge is 0.0712 e. The van der Waals surface area contributed by atoms with E-state index in [1.54, 1.807) is 0 Å². The van der Waals surface area contributed by atoms with Crippen LogP contribution in [0.1, 0.15) is 122 Å². The molecule has 33 heavy (non-hydrogen) atoms. The van der Waals surface area contributed by atoms with Gasteiger partial charge in [0.1, 0.15) is 0 Å². The molecule has 0 aliphatic carbocycles. The van der Waals surface area contributed by atoms with E-state index in [0.29, 0.717) is 29.7 Å². The van der Waals surface area contributed by atoms with Crippen LogP contribution in [0.15, 0.2) is 36.4 Å². The monoisotopic (exact) mass is 449 g/mol. The minimum Gasteiger partial charge on any atom is -0.288 e. The second kappa shape index (κ2) is 9.70. The van der Waals surface area contributed by atoms with E-state index in [-0.39, 0.29) is 5.41 Å². The lowest BCUT2D eigenvalue weighted by Crippen LogP contribution is -2.47. The van der Waals surface area contributed by atoms with E-state index >= 15 is 0 Å². The van der Waals surface area contributed by atoms with Gasteiger partial charge in [-0.2, -0.15) is 0 Å². The Hall–Kier alpha value is -2.00. The van der Waals surface area contributed by atoms with E-state index in [2.05, 4.69) is 128 Å². The molecule has 3 nitrogen and oxygen atoms in total. The average Bonchev–Trinajstić information content (AvgIpc) is 3.17. The molecule has 1 aliphatic heterocycles. The summed E-state index contributed by atoms with van der Waals surface area (Å²) in [5, 5.41) is 4.95. The Bertz CT molecular complexity index is 897. The van der Waals surface area contributed by atoms with Crippen molar-refractivity contribution >= 4 is 11.4 Å². The summed E-state index contributed by atoms with van der Waals surface area (Å²) in [5.41, 5.74) is 12.5. The number of rotatable bonds is 6. The van der Waals surface area contributed by atoms with Crippen LogP contribution in [0.25, 0.3) is 0 Å². The fourth-order valence-electron chi connectivity index (χ4n) is 5.12. The third-order valence-electron chi connectivity index (χ3n) is 7.09. The molecule has 1 atom stereocenters. The largest absolute Gasteiger partial charge is 0.288 e. The summed E-state index contributed by atoms with van der Waals surface area (Å²) < 4.78 is 0. The van der Waals surface area contributed by atoms with E-state index < -0.39 is 0 Å². The Labute approximate surface area is 203 Å². The number of hydrogen-bond donors (Lipinski definition) is 1. The van der Waals surface area contributed by atoms with Crippen molar-refractivity contribution in [3.8, 4) is 0 Å². The molecule has 0 aromatic heterocycles. The van der Waals surface area contributed by atoms with Crippen LogP contribution in [-0.2, 0) is 0 Å². The zero-order valence-corrected chi connectivity index (χ0v) is 23.0. The van der Waals surface area contributed by atoms with E-state index in [1.807, 2.05) is 0 Å². The lowest BCUT2D eigenvalue weighted by Gasteiger charge is -2.37. The van der Waals surface area contributed by atoms with Gasteiger partial charge in [-0.3, -0.25) is 10.0 Å². The molecule has 3 rings (SSSR count). The van der Waals surface area contributed by atoms with Gasteiger partial charge in [0, 0.05) is 0 Å². The fraction of sp³-hybridized carbons (Fsp3) is 0.600. The molecule has 0 bridgehead atoms. The zero-order chi connectivity index (χ0) is 24.7. The minimum atomic E-state index is 0.116. The van der Waals surface area contributed by atoms with Crippen LogP contribution in [0.4, 0.5) is 11.4 Å². The highest BCUT2D eigenvalue weighted by atomic mass is 15.8. The summed E-state index contributed by atoms with van der Waals surface area (Å²) in [6.07, 6.45) is 0. The lowest BCUT2D eigenvalue weighted by atomic mass is 9.84. The Kier molecular flexibility index (Phi) is 7.53. The maximum atomic E-state index is 3.93. The first-order chi connectivity index (χ1) is 15.3. The predicted molar refractivity (Wildman–Crippen MR) is 145 cm³/mol. The molecule has 1 N–H and O–H groups in total. The van der Waals surface area contributed by atoms with Crippen LogP contribution in [0.2, 0.25) is 0 Å². The molecule has 1 heterocycles. The van der Waals surface area contributed by atoms with Crippen molar-refractivity contribution in [2.75, 3.05) is 16.6 Å². The van der Waals surface area contributed by atoms with Gasteiger partial charge in [0.15, 0.2) is 0 Å². The van der Waals surface area contributed by atoms with E-state index in [4.69, 9.17) is 0 Å². The van der Waals surface area contributed by atoms with Crippen LogP contribution in [0.5, 0.6) is 0 Å². The van der Waals surface area contributed by atoms with E-state index in [9.17, 15) is 0 Å². The second-order valence-electron chi connectivity index (χ2n) is 12.2. The van der Waals surface area contributed by atoms with Gasteiger partial charge in [-0.1, -0.05) is 113 Å². The molecule has 1 aliphatic rings. The highest BCUT2D eigenvalue weighted by Gasteiger charge is 2.41. The van der Waals surface area contributed by atoms with Crippen molar-refractivity contribution in [3.63, 3.8) is 0 Å². The van der Waals surface area contributed by atoms with Gasteiger partial charge in [0.25, 0.3) is 0 Å². The highest BCUT2D eigenvalue weighted by Crippen LogP contribution is 2.43. The lowest BCUT2D eigenvalue weighted by molar-refractivity contribution is 0.328. The minimum absolute atomic E-state index is 0.116. The van der Waals surface area contributed by atoms with Crippen LogP contribution >= 0.6 is 0 Å². The molecule has 3 heteroatoms. The maximum Gasteiger partial charge on any atom is 0.0712 e. The predicted octanol–water partition coefficient (Wildman–Crippen LogP) is 8.34. The van der Waals surface area contributed by atoms with E-state index in [1.165, 1.54) is 33.6 Å². The molecule has 0 radical (unpaired) electrons. The van der Waals surface area contributed by atoms with E-state index in [0.717, 1.165) is 6.54 Å². The zero-order valence-electron chi connectivity index (χ0n) is 23.0. The van der Waals surface area contributed by atoms with Gasteiger partial charge in [0.2, 0.25) is 0 Å². The van der Waals surface area contributed by atoms with Gasteiger partial charge in [-0.15, -0.1) is 5.53 Å². The second-order valence-corrected chi connectivity index (χ2v) is 12.2. The van der Waals surface area contributed by atoms with Crippen molar-refractivity contribution in [2.45, 2.75) is 106 Å². The number of anilines is 2. The maximum absolute atomic E-state index is 3.93. The summed E-state index contributed by atoms with van der Waals surface area (Å²) in [6, 6.07) is 14.1. The third kappa shape index (κ3) is 5.09. The average molecular weight is 450 g/mol. The quantitative estimate of drug-likeness (QED) is 0.478. The Morgan fingerprint density at radius 1 is 0.667 bits per heavy atom. The number of hydrogen-bond acceptors (Lipinski definition) is 3. The number of para-hydroxylation sites is 2. The molecule has 182 valence electrons. The summed E-state index contributed by atoms with van der Waals surface area (Å²) >= 11 is 0. The summed E-state index contributed by atoms with van der Waals surface area (Å²) in [4.78, 5) is 0. The Morgan fingerprint density at radius 2 is 1.03 bits per heavy atom. The molecule has 2 aromatic carbocycles. The number of hydrazine groups is 2. The van der Waals surface area contributed by atoms with Crippen molar-refractivity contribution in [1.82, 2.24) is 5.53 Å². The van der Waals surface area contributed by atoms with Gasteiger partial charge in [0.05, 0.1) is 24.0 Å². The molecule has 0 spiro atoms. The third-order valence-corrected chi connectivity index (χ3v) is 7.09. The number of benzene rings is 2. The molecule has 1 unspecified atom stereocenters. The SMILES string of the molecule is CC(C)c1cccc(C(C)C)c1N1CC(C(C)(C)C)N(c2c(C(C)C)cccc2C(C)C)N1. The van der Waals surface area contributed by atoms with Crippen LogP contribution in [0, 0.1) is 5.41 Å². The van der Waals surface area contributed by atoms with Gasteiger partial charge >= 0.3 is 0 Å². The number of nitrogens with zero attached hydrogens (tertiary/aromatic N) is 2. The summed E-state index contributed by atoms with van der Waals surface area (Å²) in [7, 11) is 0. The van der Waals surface area contributed by atoms with Gasteiger partial charge in [-0.25, -0.2) is 0 Å². The van der Waals surface area contributed by atoms with Crippen LogP contribution < -0.4 is 15.6 Å². The topological polar surface area (TPSA) is 18.5 Å². The van der Waals surface area contributed by atoms with Crippen molar-refractivity contribution in [2.24, 2.45) is 5.41 Å². The number of nitrogens with one attached hydrogen (secondary N) is 1. The summed E-state index contributed by atoms with van der Waals surface area (Å²) in [6.45, 7) is 26.6. The molecule has 0 amide bonds. The molecule has 1 saturated heterocycles. The van der Waals surface area contributed by atoms with Crippen molar-refractivity contribution in [3.05, 3.63) is 58.7 Å².